The molecule has 188 valence electrons. The summed E-state index contributed by atoms with van der Waals surface area (Å²) in [4.78, 5) is 44.0. The highest BCUT2D eigenvalue weighted by Crippen LogP contribution is 2.35. The number of amides is 3. The highest BCUT2D eigenvalue weighted by atomic mass is 32.1. The zero-order valence-corrected chi connectivity index (χ0v) is 22.1. The predicted molar refractivity (Wildman–Crippen MR) is 133 cm³/mol. The quantitative estimate of drug-likeness (QED) is 0.207. The Bertz CT molecular complexity index is 786. The maximum Gasteiger partial charge on any atom is 0.341 e. The molecule has 2 N–H and O–H groups in total. The van der Waals surface area contributed by atoms with Gasteiger partial charge < -0.3 is 10.1 Å². The molecule has 0 bridgehead atoms. The molecular weight excluding hydrogens is 442 g/mol. The molecule has 0 aliphatic heterocycles. The van der Waals surface area contributed by atoms with E-state index in [1.165, 1.54) is 31.4 Å². The van der Waals surface area contributed by atoms with Gasteiger partial charge in [0.05, 0.1) is 12.7 Å². The van der Waals surface area contributed by atoms with Crippen LogP contribution in [0, 0.1) is 6.92 Å². The SMILES string of the molecule is CCCCCCCCNC(=O)Nc1sc(C(=O)N(CCC)OC)c(C)c1C(=O)OC(C)(C)C. The average molecular weight is 484 g/mol. The lowest BCUT2D eigenvalue weighted by Crippen LogP contribution is -2.30. The first-order chi connectivity index (χ1) is 15.6. The predicted octanol–water partition coefficient (Wildman–Crippen LogP) is 5.91. The van der Waals surface area contributed by atoms with Gasteiger partial charge in [-0.25, -0.2) is 14.7 Å². The number of unbranched alkanes of at least 4 members (excludes halogenated alkanes) is 5. The van der Waals surface area contributed by atoms with Gasteiger partial charge in [-0.2, -0.15) is 0 Å². The van der Waals surface area contributed by atoms with Crippen molar-refractivity contribution in [2.45, 2.75) is 92.1 Å². The lowest BCUT2D eigenvalue weighted by molar-refractivity contribution is -0.0945. The van der Waals surface area contributed by atoms with Gasteiger partial charge >= 0.3 is 12.0 Å². The fraction of sp³-hybridized carbons (Fsp3) is 0.708. The van der Waals surface area contributed by atoms with Crippen LogP contribution in [0.1, 0.15) is 105 Å². The molecule has 0 atom stereocenters. The number of anilines is 1. The minimum atomic E-state index is -0.715. The molecule has 0 saturated carbocycles. The van der Waals surface area contributed by atoms with E-state index < -0.39 is 17.6 Å². The second kappa shape index (κ2) is 14.2. The molecule has 33 heavy (non-hydrogen) atoms. The molecule has 0 saturated heterocycles. The molecule has 1 heterocycles. The van der Waals surface area contributed by atoms with Crippen LogP contribution in [0.15, 0.2) is 0 Å². The highest BCUT2D eigenvalue weighted by Gasteiger charge is 2.30. The van der Waals surface area contributed by atoms with Gasteiger partial charge in [0.15, 0.2) is 0 Å². The van der Waals surface area contributed by atoms with E-state index in [2.05, 4.69) is 17.6 Å². The van der Waals surface area contributed by atoms with Crippen molar-refractivity contribution in [3.05, 3.63) is 16.0 Å². The Kier molecular flexibility index (Phi) is 12.4. The van der Waals surface area contributed by atoms with Crippen molar-refractivity contribution in [3.8, 4) is 0 Å². The van der Waals surface area contributed by atoms with E-state index in [-0.39, 0.29) is 16.5 Å². The standard InChI is InChI=1S/C24H41N3O5S/c1-8-10-11-12-13-14-15-25-23(30)26-20-18(22(29)32-24(4,5)6)17(3)19(33-20)21(28)27(31-7)16-9-2/h8-16H2,1-7H3,(H2,25,26,30). The lowest BCUT2D eigenvalue weighted by atomic mass is 10.1. The zero-order valence-electron chi connectivity index (χ0n) is 21.3. The molecule has 0 aromatic carbocycles. The number of hydroxylamine groups is 2. The molecule has 1 rings (SSSR count). The summed E-state index contributed by atoms with van der Waals surface area (Å²) in [6, 6.07) is -0.411. The number of hydrogen-bond acceptors (Lipinski definition) is 6. The third-order valence-electron chi connectivity index (χ3n) is 4.86. The average Bonchev–Trinajstić information content (AvgIpc) is 3.05. The normalized spacial score (nSPS) is 11.2. The summed E-state index contributed by atoms with van der Waals surface area (Å²) in [6.45, 7) is 12.1. The van der Waals surface area contributed by atoms with E-state index in [1.807, 2.05) is 6.92 Å². The largest absolute Gasteiger partial charge is 0.456 e. The number of ether oxygens (including phenoxy) is 1. The molecular formula is C24H41N3O5S. The van der Waals surface area contributed by atoms with E-state index in [0.29, 0.717) is 23.5 Å². The summed E-state index contributed by atoms with van der Waals surface area (Å²) in [5.74, 6) is -0.937. The van der Waals surface area contributed by atoms with Gasteiger partial charge in [-0.05, 0) is 46.1 Å². The topological polar surface area (TPSA) is 97.0 Å². The summed E-state index contributed by atoms with van der Waals surface area (Å²) in [6.07, 6.45) is 7.47. The number of thiophene rings is 1. The number of nitrogens with one attached hydrogen (secondary N) is 2. The fourth-order valence-electron chi connectivity index (χ4n) is 3.23. The third kappa shape index (κ3) is 9.71. The monoisotopic (exact) mass is 483 g/mol. The molecule has 0 aliphatic rings. The van der Waals surface area contributed by atoms with Crippen molar-refractivity contribution in [3.63, 3.8) is 0 Å². The first kappa shape index (κ1) is 28.9. The number of carbonyl (C=O) groups excluding carboxylic acids is 3. The van der Waals surface area contributed by atoms with Gasteiger partial charge in [-0.3, -0.25) is 14.9 Å². The van der Waals surface area contributed by atoms with Crippen LogP contribution in [0.5, 0.6) is 0 Å². The summed E-state index contributed by atoms with van der Waals surface area (Å²) < 4.78 is 5.54. The number of carbonyl (C=O) groups is 3. The number of esters is 1. The van der Waals surface area contributed by atoms with Crippen molar-refractivity contribution in [1.82, 2.24) is 10.4 Å². The van der Waals surface area contributed by atoms with E-state index >= 15 is 0 Å². The van der Waals surface area contributed by atoms with Crippen molar-refractivity contribution in [2.75, 3.05) is 25.5 Å². The van der Waals surface area contributed by atoms with Gasteiger partial charge in [0.25, 0.3) is 5.91 Å². The van der Waals surface area contributed by atoms with Crippen LogP contribution in [0.4, 0.5) is 9.80 Å². The molecule has 1 aromatic heterocycles. The first-order valence-electron chi connectivity index (χ1n) is 11.8. The van der Waals surface area contributed by atoms with Crippen molar-refractivity contribution < 1.29 is 24.0 Å². The van der Waals surface area contributed by atoms with Crippen LogP contribution < -0.4 is 10.6 Å². The van der Waals surface area contributed by atoms with Gasteiger partial charge in [0.2, 0.25) is 0 Å². The molecule has 0 spiro atoms. The third-order valence-corrected chi connectivity index (χ3v) is 6.06. The van der Waals surface area contributed by atoms with Crippen molar-refractivity contribution in [2.24, 2.45) is 0 Å². The molecule has 3 amide bonds. The zero-order chi connectivity index (χ0) is 25.0. The number of rotatable bonds is 13. The van der Waals surface area contributed by atoms with Gasteiger partial charge in [0, 0.05) is 13.1 Å². The van der Waals surface area contributed by atoms with E-state index in [0.717, 1.165) is 37.0 Å². The molecule has 0 fully saturated rings. The van der Waals surface area contributed by atoms with Crippen molar-refractivity contribution >= 4 is 34.2 Å². The second-order valence-electron chi connectivity index (χ2n) is 9.00. The summed E-state index contributed by atoms with van der Waals surface area (Å²) >= 11 is 1.06. The Morgan fingerprint density at radius 2 is 1.64 bits per heavy atom. The van der Waals surface area contributed by atoms with Crippen molar-refractivity contribution in [1.29, 1.82) is 0 Å². The van der Waals surface area contributed by atoms with E-state index in [9.17, 15) is 14.4 Å². The Morgan fingerprint density at radius 3 is 2.21 bits per heavy atom. The summed E-state index contributed by atoms with van der Waals surface area (Å²) in [5, 5.41) is 7.12. The van der Waals surface area contributed by atoms with Crippen LogP contribution in [0.25, 0.3) is 0 Å². The number of hydrogen-bond donors (Lipinski definition) is 2. The fourth-order valence-corrected chi connectivity index (χ4v) is 4.36. The maximum atomic E-state index is 13.0. The second-order valence-corrected chi connectivity index (χ2v) is 10.0. The van der Waals surface area contributed by atoms with Gasteiger partial charge in [-0.1, -0.05) is 46.0 Å². The number of urea groups is 1. The molecule has 8 nitrogen and oxygen atoms in total. The Morgan fingerprint density at radius 1 is 1.00 bits per heavy atom. The lowest BCUT2D eigenvalue weighted by Gasteiger charge is -2.20. The summed E-state index contributed by atoms with van der Waals surface area (Å²) in [5.41, 5.74) is -0.0579. The Balaban J connectivity index is 3.00. The first-order valence-corrected chi connectivity index (χ1v) is 12.6. The summed E-state index contributed by atoms with van der Waals surface area (Å²) in [7, 11) is 1.43. The van der Waals surface area contributed by atoms with Crippen LogP contribution in [0.2, 0.25) is 0 Å². The maximum absolute atomic E-state index is 13.0. The van der Waals surface area contributed by atoms with Crippen LogP contribution in [-0.4, -0.2) is 48.8 Å². The van der Waals surface area contributed by atoms with Crippen LogP contribution in [0.3, 0.4) is 0 Å². The minimum Gasteiger partial charge on any atom is -0.456 e. The smallest absolute Gasteiger partial charge is 0.341 e. The molecule has 0 aliphatic carbocycles. The van der Waals surface area contributed by atoms with Crippen LogP contribution in [-0.2, 0) is 9.57 Å². The van der Waals surface area contributed by atoms with Crippen LogP contribution >= 0.6 is 11.3 Å². The molecule has 1 aromatic rings. The highest BCUT2D eigenvalue weighted by molar-refractivity contribution is 7.18. The Hall–Kier alpha value is -2.13. The van der Waals surface area contributed by atoms with Gasteiger partial charge in [-0.15, -0.1) is 11.3 Å². The van der Waals surface area contributed by atoms with Gasteiger partial charge in [0.1, 0.15) is 15.5 Å². The molecule has 0 radical (unpaired) electrons. The van der Waals surface area contributed by atoms with E-state index in [4.69, 9.17) is 9.57 Å². The molecule has 0 unspecified atom stereocenters. The molecule has 9 heteroatoms. The minimum absolute atomic E-state index is 0.195. The van der Waals surface area contributed by atoms with E-state index in [1.54, 1.807) is 27.7 Å². The Labute approximate surface area is 202 Å². The number of nitrogens with zero attached hydrogens (tertiary/aromatic N) is 1.